The van der Waals surface area contributed by atoms with E-state index in [1.165, 1.54) is 12.8 Å². The molecule has 1 aliphatic rings. The van der Waals surface area contributed by atoms with Crippen LogP contribution in [0.1, 0.15) is 52.4 Å². The van der Waals surface area contributed by atoms with Gasteiger partial charge in [0.15, 0.2) is 5.78 Å². The Bertz CT molecular complexity index is 181. The molecule has 0 atom stereocenters. The number of Topliss-reactive ketones (excluding diaryl/α,β-unsaturated/α-hetero) is 1. The minimum absolute atomic E-state index is 0.0201. The fourth-order valence-electron chi connectivity index (χ4n) is 2.34. The van der Waals surface area contributed by atoms with Gasteiger partial charge in [-0.3, -0.25) is 4.79 Å². The average Bonchev–Trinajstić information content (AvgIpc) is 2.67. The Morgan fingerprint density at radius 2 is 1.93 bits per heavy atom. The third kappa shape index (κ3) is 2.57. The van der Waals surface area contributed by atoms with E-state index < -0.39 is 0 Å². The van der Waals surface area contributed by atoms with Crippen molar-refractivity contribution < 1.29 is 9.53 Å². The molecule has 82 valence electrons. The first kappa shape index (κ1) is 11.7. The summed E-state index contributed by atoms with van der Waals surface area (Å²) in [5.41, 5.74) is -0.0201. The molecule has 0 heterocycles. The summed E-state index contributed by atoms with van der Waals surface area (Å²) in [5, 5.41) is 0. The van der Waals surface area contributed by atoms with Crippen molar-refractivity contribution in [3.05, 3.63) is 0 Å². The van der Waals surface area contributed by atoms with Crippen molar-refractivity contribution in [2.45, 2.75) is 52.4 Å². The molecule has 0 saturated heterocycles. The van der Waals surface area contributed by atoms with E-state index in [0.29, 0.717) is 19.0 Å². The highest BCUT2D eigenvalue weighted by Gasteiger charge is 2.38. The summed E-state index contributed by atoms with van der Waals surface area (Å²) in [7, 11) is 0. The summed E-state index contributed by atoms with van der Waals surface area (Å²) in [6, 6.07) is 0. The van der Waals surface area contributed by atoms with Crippen LogP contribution in [0.15, 0.2) is 0 Å². The molecular formula is C12H22O2. The molecule has 1 fully saturated rings. The summed E-state index contributed by atoms with van der Waals surface area (Å²) >= 11 is 0. The van der Waals surface area contributed by atoms with Gasteiger partial charge >= 0.3 is 0 Å². The molecule has 2 heteroatoms. The largest absolute Gasteiger partial charge is 0.374 e. The van der Waals surface area contributed by atoms with E-state index in [-0.39, 0.29) is 5.41 Å². The Balaban J connectivity index is 2.40. The molecule has 0 unspecified atom stereocenters. The summed E-state index contributed by atoms with van der Waals surface area (Å²) in [6.45, 7) is 5.24. The maximum absolute atomic E-state index is 11.9. The summed E-state index contributed by atoms with van der Waals surface area (Å²) in [4.78, 5) is 11.9. The van der Waals surface area contributed by atoms with Crippen molar-refractivity contribution >= 4 is 5.78 Å². The van der Waals surface area contributed by atoms with Crippen molar-refractivity contribution in [3.8, 4) is 0 Å². The van der Waals surface area contributed by atoms with Crippen LogP contribution in [0.2, 0.25) is 0 Å². The highest BCUT2D eigenvalue weighted by molar-refractivity contribution is 5.86. The number of carbonyl (C=O) groups excluding carboxylic acids is 1. The molecule has 1 saturated carbocycles. The highest BCUT2D eigenvalue weighted by atomic mass is 16.5. The molecule has 0 bridgehead atoms. The monoisotopic (exact) mass is 198 g/mol. The number of ether oxygens (including phenoxy) is 1. The smallest absolute Gasteiger partial charge is 0.164 e. The minimum atomic E-state index is -0.0201. The van der Waals surface area contributed by atoms with Crippen LogP contribution >= 0.6 is 0 Å². The van der Waals surface area contributed by atoms with Crippen LogP contribution < -0.4 is 0 Å². The second-order valence-electron chi connectivity index (χ2n) is 4.32. The Labute approximate surface area is 87.0 Å². The molecule has 0 N–H and O–H groups in total. The fraction of sp³-hybridized carbons (Fsp3) is 0.917. The quantitative estimate of drug-likeness (QED) is 0.613. The van der Waals surface area contributed by atoms with Gasteiger partial charge in [0.1, 0.15) is 6.61 Å². The second-order valence-corrected chi connectivity index (χ2v) is 4.32. The molecule has 14 heavy (non-hydrogen) atoms. The van der Waals surface area contributed by atoms with Gasteiger partial charge in [-0.1, -0.05) is 26.7 Å². The topological polar surface area (TPSA) is 26.3 Å². The van der Waals surface area contributed by atoms with Gasteiger partial charge in [0.25, 0.3) is 0 Å². The van der Waals surface area contributed by atoms with Gasteiger partial charge in [-0.2, -0.15) is 0 Å². The second kappa shape index (κ2) is 5.50. The van der Waals surface area contributed by atoms with E-state index >= 15 is 0 Å². The predicted octanol–water partition coefficient (Wildman–Crippen LogP) is 2.95. The van der Waals surface area contributed by atoms with Crippen LogP contribution in [-0.4, -0.2) is 19.0 Å². The molecule has 0 aromatic rings. The third-order valence-corrected chi connectivity index (χ3v) is 3.41. The first-order valence-electron chi connectivity index (χ1n) is 5.86. The maximum Gasteiger partial charge on any atom is 0.164 e. The van der Waals surface area contributed by atoms with Gasteiger partial charge < -0.3 is 4.74 Å². The number of hydrogen-bond acceptors (Lipinski definition) is 2. The standard InChI is InChI=1S/C12H22O2/c1-3-9-14-10-11(13)12(4-2)7-5-6-8-12/h3-10H2,1-2H3. The van der Waals surface area contributed by atoms with E-state index in [2.05, 4.69) is 13.8 Å². The van der Waals surface area contributed by atoms with E-state index in [9.17, 15) is 4.79 Å². The molecule has 1 aliphatic carbocycles. The van der Waals surface area contributed by atoms with Crippen molar-refractivity contribution in [2.24, 2.45) is 5.41 Å². The molecule has 1 rings (SSSR count). The van der Waals surface area contributed by atoms with E-state index in [4.69, 9.17) is 4.74 Å². The number of rotatable bonds is 6. The van der Waals surface area contributed by atoms with Gasteiger partial charge in [-0.05, 0) is 25.7 Å². The third-order valence-electron chi connectivity index (χ3n) is 3.41. The molecule has 0 amide bonds. The van der Waals surface area contributed by atoms with Crippen molar-refractivity contribution in [2.75, 3.05) is 13.2 Å². The van der Waals surface area contributed by atoms with Crippen LogP contribution in [0.5, 0.6) is 0 Å². The maximum atomic E-state index is 11.9. The van der Waals surface area contributed by atoms with Crippen molar-refractivity contribution in [1.82, 2.24) is 0 Å². The highest BCUT2D eigenvalue weighted by Crippen LogP contribution is 2.41. The average molecular weight is 198 g/mol. The molecular weight excluding hydrogens is 176 g/mol. The lowest BCUT2D eigenvalue weighted by atomic mass is 9.79. The van der Waals surface area contributed by atoms with Crippen LogP contribution in [0, 0.1) is 5.41 Å². The lowest BCUT2D eigenvalue weighted by Crippen LogP contribution is -2.31. The Morgan fingerprint density at radius 3 is 2.43 bits per heavy atom. The summed E-state index contributed by atoms with van der Waals surface area (Å²) in [6.07, 6.45) is 6.57. The molecule has 0 radical (unpaired) electrons. The molecule has 0 aromatic carbocycles. The van der Waals surface area contributed by atoms with E-state index in [0.717, 1.165) is 25.7 Å². The van der Waals surface area contributed by atoms with Crippen molar-refractivity contribution in [3.63, 3.8) is 0 Å². The van der Waals surface area contributed by atoms with Crippen molar-refractivity contribution in [1.29, 1.82) is 0 Å². The summed E-state index contributed by atoms with van der Waals surface area (Å²) in [5.74, 6) is 0.339. The van der Waals surface area contributed by atoms with Crippen LogP contribution in [0.25, 0.3) is 0 Å². The summed E-state index contributed by atoms with van der Waals surface area (Å²) < 4.78 is 5.33. The van der Waals surface area contributed by atoms with E-state index in [1.54, 1.807) is 0 Å². The van der Waals surface area contributed by atoms with Crippen LogP contribution in [-0.2, 0) is 9.53 Å². The first-order valence-corrected chi connectivity index (χ1v) is 5.86. The minimum Gasteiger partial charge on any atom is -0.374 e. The SMILES string of the molecule is CCCOCC(=O)C1(CC)CCCC1. The van der Waals surface area contributed by atoms with Gasteiger partial charge in [0, 0.05) is 12.0 Å². The fourth-order valence-corrected chi connectivity index (χ4v) is 2.34. The lowest BCUT2D eigenvalue weighted by Gasteiger charge is -2.25. The molecule has 0 spiro atoms. The van der Waals surface area contributed by atoms with Gasteiger partial charge in [-0.15, -0.1) is 0 Å². The Kier molecular flexibility index (Phi) is 4.59. The number of carbonyl (C=O) groups is 1. The predicted molar refractivity (Wildman–Crippen MR) is 57.3 cm³/mol. The lowest BCUT2D eigenvalue weighted by molar-refractivity contribution is -0.133. The molecule has 0 aromatic heterocycles. The number of ketones is 1. The van der Waals surface area contributed by atoms with Crippen LogP contribution in [0.4, 0.5) is 0 Å². The number of hydrogen-bond donors (Lipinski definition) is 0. The normalized spacial score (nSPS) is 19.9. The van der Waals surface area contributed by atoms with Gasteiger partial charge in [0.05, 0.1) is 0 Å². The van der Waals surface area contributed by atoms with E-state index in [1.807, 2.05) is 0 Å². The molecule has 2 nitrogen and oxygen atoms in total. The zero-order valence-electron chi connectivity index (χ0n) is 9.47. The zero-order chi connectivity index (χ0) is 10.4. The Hall–Kier alpha value is -0.370. The first-order chi connectivity index (χ1) is 6.75. The van der Waals surface area contributed by atoms with Crippen LogP contribution in [0.3, 0.4) is 0 Å². The Morgan fingerprint density at radius 1 is 1.29 bits per heavy atom. The van der Waals surface area contributed by atoms with Gasteiger partial charge in [-0.25, -0.2) is 0 Å². The zero-order valence-corrected chi connectivity index (χ0v) is 9.47. The van der Waals surface area contributed by atoms with Gasteiger partial charge in [0.2, 0.25) is 0 Å². The molecule has 0 aliphatic heterocycles.